The Balaban J connectivity index is 1.64. The quantitative estimate of drug-likeness (QED) is 0.759. The molecule has 1 N–H and O–H groups in total. The van der Waals surface area contributed by atoms with Crippen LogP contribution in [0.4, 0.5) is 0 Å². The number of benzene rings is 1. The third-order valence-electron chi connectivity index (χ3n) is 5.83. The summed E-state index contributed by atoms with van der Waals surface area (Å²) in [5.41, 5.74) is 2.05. The molecule has 2 aromatic rings. The summed E-state index contributed by atoms with van der Waals surface area (Å²) in [6, 6.07) is 10.0. The van der Waals surface area contributed by atoms with Crippen molar-refractivity contribution in [2.24, 2.45) is 0 Å². The van der Waals surface area contributed by atoms with E-state index in [-0.39, 0.29) is 23.1 Å². The normalized spacial score (nSPS) is 14.7. The molecule has 6 heteroatoms. The minimum Gasteiger partial charge on any atom is -0.492 e. The lowest BCUT2D eigenvalue weighted by Crippen LogP contribution is -2.40. The van der Waals surface area contributed by atoms with E-state index in [2.05, 4.69) is 31.3 Å². The molecule has 1 aromatic heterocycles. The summed E-state index contributed by atoms with van der Waals surface area (Å²) in [5.74, 6) is 1.01. The lowest BCUT2D eigenvalue weighted by Gasteiger charge is -2.26. The number of carbonyl (C=O) groups is 1. The monoisotopic (exact) mass is 411 g/mol. The number of pyridine rings is 1. The van der Waals surface area contributed by atoms with Gasteiger partial charge in [-0.05, 0) is 68.1 Å². The van der Waals surface area contributed by atoms with Gasteiger partial charge in [-0.1, -0.05) is 26.0 Å². The van der Waals surface area contributed by atoms with E-state index in [0.29, 0.717) is 24.6 Å². The van der Waals surface area contributed by atoms with Crippen molar-refractivity contribution in [2.75, 3.05) is 33.3 Å². The number of aromatic nitrogens is 1. The number of amides is 1. The van der Waals surface area contributed by atoms with Gasteiger partial charge < -0.3 is 19.5 Å². The fourth-order valence-electron chi connectivity index (χ4n) is 3.82. The Labute approximate surface area is 178 Å². The molecule has 0 aliphatic carbocycles. The molecule has 1 saturated heterocycles. The van der Waals surface area contributed by atoms with Crippen LogP contribution >= 0.6 is 0 Å². The van der Waals surface area contributed by atoms with Gasteiger partial charge in [0.15, 0.2) is 0 Å². The van der Waals surface area contributed by atoms with Crippen LogP contribution in [-0.4, -0.2) is 48.7 Å². The zero-order chi connectivity index (χ0) is 21.7. The average molecular weight is 412 g/mol. The fourth-order valence-corrected chi connectivity index (χ4v) is 3.82. The van der Waals surface area contributed by atoms with Crippen LogP contribution in [0.5, 0.6) is 5.75 Å². The predicted octanol–water partition coefficient (Wildman–Crippen LogP) is 3.36. The number of hydrogen-bond acceptors (Lipinski definition) is 4. The SMILES string of the molecule is Cc1ccn(C2CCNCC2)c(=O)c1C(=O)N(C)CCOc1ccc(C(C)C)cc1. The van der Waals surface area contributed by atoms with Crippen molar-refractivity contribution in [1.82, 2.24) is 14.8 Å². The molecule has 1 aliphatic rings. The highest BCUT2D eigenvalue weighted by molar-refractivity contribution is 5.95. The van der Waals surface area contributed by atoms with E-state index in [9.17, 15) is 9.59 Å². The molecule has 0 saturated carbocycles. The third-order valence-corrected chi connectivity index (χ3v) is 5.83. The van der Waals surface area contributed by atoms with Gasteiger partial charge in [0.25, 0.3) is 11.5 Å². The van der Waals surface area contributed by atoms with Crippen molar-refractivity contribution in [2.45, 2.75) is 45.6 Å². The summed E-state index contributed by atoms with van der Waals surface area (Å²) >= 11 is 0. The Bertz CT molecular complexity index is 912. The highest BCUT2D eigenvalue weighted by Gasteiger charge is 2.23. The average Bonchev–Trinajstić information content (AvgIpc) is 2.74. The number of piperidine rings is 1. The zero-order valence-electron chi connectivity index (χ0n) is 18.5. The van der Waals surface area contributed by atoms with Crippen molar-refractivity contribution in [1.29, 1.82) is 0 Å². The number of aryl methyl sites for hydroxylation is 1. The van der Waals surface area contributed by atoms with Crippen LogP contribution in [0.15, 0.2) is 41.3 Å². The second kappa shape index (κ2) is 9.94. The summed E-state index contributed by atoms with van der Waals surface area (Å²) in [4.78, 5) is 27.7. The van der Waals surface area contributed by atoms with Crippen LogP contribution in [0.2, 0.25) is 0 Å². The van der Waals surface area contributed by atoms with Gasteiger partial charge in [0.2, 0.25) is 0 Å². The van der Waals surface area contributed by atoms with Gasteiger partial charge >= 0.3 is 0 Å². The van der Waals surface area contributed by atoms with Crippen LogP contribution in [0.25, 0.3) is 0 Å². The highest BCUT2D eigenvalue weighted by atomic mass is 16.5. The van der Waals surface area contributed by atoms with E-state index in [1.165, 1.54) is 5.56 Å². The largest absolute Gasteiger partial charge is 0.492 e. The molecule has 1 amide bonds. The molecule has 1 aromatic carbocycles. The van der Waals surface area contributed by atoms with Gasteiger partial charge in [-0.15, -0.1) is 0 Å². The smallest absolute Gasteiger partial charge is 0.263 e. The molecule has 1 aliphatic heterocycles. The number of ether oxygens (including phenoxy) is 1. The molecular weight excluding hydrogens is 378 g/mol. The molecule has 2 heterocycles. The van der Waals surface area contributed by atoms with Crippen LogP contribution in [0.3, 0.4) is 0 Å². The first-order chi connectivity index (χ1) is 14.4. The second-order valence-electron chi connectivity index (χ2n) is 8.37. The van der Waals surface area contributed by atoms with Crippen molar-refractivity contribution in [3.05, 3.63) is 63.6 Å². The maximum absolute atomic E-state index is 13.1. The first kappa shape index (κ1) is 22.1. The third kappa shape index (κ3) is 5.11. The Morgan fingerprint density at radius 3 is 2.50 bits per heavy atom. The van der Waals surface area contributed by atoms with E-state index in [4.69, 9.17) is 4.74 Å². The lowest BCUT2D eigenvalue weighted by atomic mass is 10.0. The highest BCUT2D eigenvalue weighted by Crippen LogP contribution is 2.19. The number of rotatable bonds is 7. The molecule has 0 atom stereocenters. The van der Waals surface area contributed by atoms with Crippen molar-refractivity contribution >= 4 is 5.91 Å². The lowest BCUT2D eigenvalue weighted by molar-refractivity contribution is 0.0770. The van der Waals surface area contributed by atoms with Gasteiger partial charge in [-0.3, -0.25) is 9.59 Å². The molecule has 0 radical (unpaired) electrons. The summed E-state index contributed by atoms with van der Waals surface area (Å²) in [6.07, 6.45) is 3.63. The Kier molecular flexibility index (Phi) is 7.32. The number of nitrogens with zero attached hydrogens (tertiary/aromatic N) is 2. The minimum atomic E-state index is -0.250. The molecule has 0 spiro atoms. The molecule has 30 heavy (non-hydrogen) atoms. The molecule has 0 unspecified atom stereocenters. The van der Waals surface area contributed by atoms with E-state index in [0.717, 1.165) is 31.7 Å². The number of likely N-dealkylation sites (N-methyl/N-ethyl adjacent to an activating group) is 1. The van der Waals surface area contributed by atoms with Crippen molar-refractivity contribution in [3.8, 4) is 5.75 Å². The summed E-state index contributed by atoms with van der Waals surface area (Å²) in [6.45, 7) is 8.70. The Hall–Kier alpha value is -2.60. The maximum atomic E-state index is 13.1. The van der Waals surface area contributed by atoms with Crippen molar-refractivity contribution in [3.63, 3.8) is 0 Å². The summed E-state index contributed by atoms with van der Waals surface area (Å²) in [7, 11) is 1.72. The number of carbonyl (C=O) groups excluding carboxylic acids is 1. The van der Waals surface area contributed by atoms with Gasteiger partial charge in [-0.25, -0.2) is 0 Å². The summed E-state index contributed by atoms with van der Waals surface area (Å²) in [5, 5.41) is 3.31. The first-order valence-corrected chi connectivity index (χ1v) is 10.8. The first-order valence-electron chi connectivity index (χ1n) is 10.8. The predicted molar refractivity (Wildman–Crippen MR) is 120 cm³/mol. The number of hydrogen-bond donors (Lipinski definition) is 1. The minimum absolute atomic E-state index is 0.147. The molecule has 0 bridgehead atoms. The van der Waals surface area contributed by atoms with Gasteiger partial charge in [-0.2, -0.15) is 0 Å². The van der Waals surface area contributed by atoms with E-state index >= 15 is 0 Å². The maximum Gasteiger partial charge on any atom is 0.263 e. The molecular formula is C24H33N3O3. The van der Waals surface area contributed by atoms with Crippen molar-refractivity contribution < 1.29 is 9.53 Å². The van der Waals surface area contributed by atoms with E-state index in [1.54, 1.807) is 16.5 Å². The van der Waals surface area contributed by atoms with Gasteiger partial charge in [0.05, 0.1) is 6.54 Å². The molecule has 1 fully saturated rings. The van der Waals surface area contributed by atoms with Crippen LogP contribution in [-0.2, 0) is 0 Å². The van der Waals surface area contributed by atoms with Crippen LogP contribution in [0, 0.1) is 6.92 Å². The second-order valence-corrected chi connectivity index (χ2v) is 8.37. The molecule has 162 valence electrons. The zero-order valence-corrected chi connectivity index (χ0v) is 18.5. The van der Waals surface area contributed by atoms with Gasteiger partial charge in [0.1, 0.15) is 17.9 Å². The molecule has 3 rings (SSSR count). The van der Waals surface area contributed by atoms with E-state index in [1.807, 2.05) is 31.3 Å². The fraction of sp³-hybridized carbons (Fsp3) is 0.500. The Morgan fingerprint density at radius 2 is 1.87 bits per heavy atom. The molecule has 6 nitrogen and oxygen atoms in total. The summed E-state index contributed by atoms with van der Waals surface area (Å²) < 4.78 is 7.53. The van der Waals surface area contributed by atoms with Crippen LogP contribution in [0.1, 0.15) is 60.1 Å². The topological polar surface area (TPSA) is 63.6 Å². The van der Waals surface area contributed by atoms with E-state index < -0.39 is 0 Å². The van der Waals surface area contributed by atoms with Gasteiger partial charge in [0, 0.05) is 19.3 Å². The number of nitrogens with one attached hydrogen (secondary N) is 1. The standard InChI is InChI=1S/C24H33N3O3/c1-17(2)19-5-7-21(8-6-19)30-16-15-26(4)23(28)22-18(3)11-14-27(24(22)29)20-9-12-25-13-10-20/h5-8,11,14,17,20,25H,9-10,12-13,15-16H2,1-4H3. The van der Waals surface area contributed by atoms with Crippen LogP contribution < -0.4 is 15.6 Å². The Morgan fingerprint density at radius 1 is 1.20 bits per heavy atom.